The predicted octanol–water partition coefficient (Wildman–Crippen LogP) is 3.26. The summed E-state index contributed by atoms with van der Waals surface area (Å²) in [4.78, 5) is 15.3. The van der Waals surface area contributed by atoms with E-state index in [-0.39, 0.29) is 5.41 Å². The van der Waals surface area contributed by atoms with Crippen LogP contribution in [0.3, 0.4) is 0 Å². The van der Waals surface area contributed by atoms with Gasteiger partial charge in [-0.3, -0.25) is 4.79 Å². The number of piperidine rings is 1. The fourth-order valence-electron chi connectivity index (χ4n) is 3.34. The molecule has 0 bridgehead atoms. The lowest BCUT2D eigenvalue weighted by atomic mass is 9.74. The quantitative estimate of drug-likeness (QED) is 0.905. The first kappa shape index (κ1) is 15.0. The molecule has 1 saturated carbocycles. The maximum atomic E-state index is 13.2. The minimum atomic E-state index is -0.258. The molecule has 1 N–H and O–H groups in total. The zero-order chi connectivity index (χ0) is 14.9. The SMILES string of the molecule is CC(C)(C(=O)N(Cc1ccsc1)C1CC1)C1CCCNC1. The van der Waals surface area contributed by atoms with E-state index in [4.69, 9.17) is 0 Å². The number of hydrogen-bond acceptors (Lipinski definition) is 3. The number of carbonyl (C=O) groups is 1. The Morgan fingerprint density at radius 3 is 2.81 bits per heavy atom. The van der Waals surface area contributed by atoms with E-state index >= 15 is 0 Å². The summed E-state index contributed by atoms with van der Waals surface area (Å²) in [5, 5.41) is 7.72. The van der Waals surface area contributed by atoms with Crippen molar-refractivity contribution in [2.24, 2.45) is 11.3 Å². The molecule has 1 atom stereocenters. The normalized spacial score (nSPS) is 23.0. The summed E-state index contributed by atoms with van der Waals surface area (Å²) in [5.41, 5.74) is 1.02. The van der Waals surface area contributed by atoms with E-state index in [2.05, 4.69) is 40.9 Å². The first-order valence-electron chi connectivity index (χ1n) is 8.12. The first-order chi connectivity index (χ1) is 10.1. The molecular weight excluding hydrogens is 280 g/mol. The average molecular weight is 306 g/mol. The molecule has 0 spiro atoms. The highest BCUT2D eigenvalue weighted by molar-refractivity contribution is 7.07. The van der Waals surface area contributed by atoms with Gasteiger partial charge in [-0.2, -0.15) is 11.3 Å². The van der Waals surface area contributed by atoms with Gasteiger partial charge in [0.1, 0.15) is 0 Å². The van der Waals surface area contributed by atoms with E-state index in [0.29, 0.717) is 17.9 Å². The van der Waals surface area contributed by atoms with Crippen molar-refractivity contribution in [2.45, 2.75) is 52.1 Å². The smallest absolute Gasteiger partial charge is 0.229 e. The lowest BCUT2D eigenvalue weighted by molar-refractivity contribution is -0.145. The van der Waals surface area contributed by atoms with Gasteiger partial charge in [0.2, 0.25) is 5.91 Å². The summed E-state index contributed by atoms with van der Waals surface area (Å²) < 4.78 is 0. The predicted molar refractivity (Wildman–Crippen MR) is 87.3 cm³/mol. The summed E-state index contributed by atoms with van der Waals surface area (Å²) in [7, 11) is 0. The zero-order valence-corrected chi connectivity index (χ0v) is 13.9. The molecule has 21 heavy (non-hydrogen) atoms. The Balaban J connectivity index is 1.73. The summed E-state index contributed by atoms with van der Waals surface area (Å²) in [6, 6.07) is 2.62. The van der Waals surface area contributed by atoms with Gasteiger partial charge in [-0.1, -0.05) is 13.8 Å². The Morgan fingerprint density at radius 1 is 1.43 bits per heavy atom. The van der Waals surface area contributed by atoms with E-state index in [1.807, 2.05) is 0 Å². The highest BCUT2D eigenvalue weighted by Crippen LogP contribution is 2.38. The molecule has 1 aliphatic carbocycles. The Labute approximate surface area is 131 Å². The molecule has 4 heteroatoms. The van der Waals surface area contributed by atoms with Crippen LogP contribution < -0.4 is 5.32 Å². The van der Waals surface area contributed by atoms with Crippen molar-refractivity contribution in [3.05, 3.63) is 22.4 Å². The molecule has 1 unspecified atom stereocenters. The molecule has 2 aliphatic rings. The van der Waals surface area contributed by atoms with E-state index in [0.717, 1.165) is 19.6 Å². The Bertz CT molecular complexity index is 473. The summed E-state index contributed by atoms with van der Waals surface area (Å²) in [6.07, 6.45) is 4.71. The van der Waals surface area contributed by atoms with Gasteiger partial charge in [0, 0.05) is 18.0 Å². The maximum absolute atomic E-state index is 13.2. The van der Waals surface area contributed by atoms with E-state index < -0.39 is 0 Å². The standard InChI is InChI=1S/C17H26N2OS/c1-17(2,14-4-3-8-18-10-14)16(20)19(15-5-6-15)11-13-7-9-21-12-13/h7,9,12,14-15,18H,3-6,8,10-11H2,1-2H3. The second-order valence-corrected chi connectivity index (χ2v) is 7.84. The molecule has 1 aliphatic heterocycles. The third-order valence-electron chi connectivity index (χ3n) is 5.05. The molecule has 2 heterocycles. The van der Waals surface area contributed by atoms with Crippen molar-refractivity contribution in [3.8, 4) is 0 Å². The van der Waals surface area contributed by atoms with E-state index in [1.165, 1.54) is 31.2 Å². The average Bonchev–Trinajstić information content (AvgIpc) is 3.21. The number of thiophene rings is 1. The second-order valence-electron chi connectivity index (χ2n) is 7.06. The summed E-state index contributed by atoms with van der Waals surface area (Å²) in [6.45, 7) is 7.17. The van der Waals surface area contributed by atoms with Gasteiger partial charge in [0.05, 0.1) is 0 Å². The zero-order valence-electron chi connectivity index (χ0n) is 13.1. The highest BCUT2D eigenvalue weighted by atomic mass is 32.1. The number of carbonyl (C=O) groups excluding carboxylic acids is 1. The molecule has 1 saturated heterocycles. The molecule has 3 nitrogen and oxygen atoms in total. The van der Waals surface area contributed by atoms with Crippen molar-refractivity contribution in [3.63, 3.8) is 0 Å². The van der Waals surface area contributed by atoms with Gasteiger partial charge < -0.3 is 10.2 Å². The Hall–Kier alpha value is -0.870. The van der Waals surface area contributed by atoms with Crippen LogP contribution in [0, 0.1) is 11.3 Å². The van der Waals surface area contributed by atoms with Crippen molar-refractivity contribution >= 4 is 17.2 Å². The maximum Gasteiger partial charge on any atom is 0.229 e. The van der Waals surface area contributed by atoms with Crippen LogP contribution >= 0.6 is 11.3 Å². The largest absolute Gasteiger partial charge is 0.335 e. The van der Waals surface area contributed by atoms with Crippen molar-refractivity contribution < 1.29 is 4.79 Å². The van der Waals surface area contributed by atoms with Crippen LogP contribution in [0.4, 0.5) is 0 Å². The molecule has 0 radical (unpaired) electrons. The fraction of sp³-hybridized carbons (Fsp3) is 0.706. The van der Waals surface area contributed by atoms with Gasteiger partial charge in [0.15, 0.2) is 0 Å². The van der Waals surface area contributed by atoms with Crippen LogP contribution in [-0.4, -0.2) is 29.9 Å². The van der Waals surface area contributed by atoms with E-state index in [1.54, 1.807) is 11.3 Å². The lowest BCUT2D eigenvalue weighted by Crippen LogP contribution is -2.49. The number of hydrogen-bond donors (Lipinski definition) is 1. The van der Waals surface area contributed by atoms with Crippen LogP contribution in [0.25, 0.3) is 0 Å². The Morgan fingerprint density at radius 2 is 2.24 bits per heavy atom. The number of nitrogens with zero attached hydrogens (tertiary/aromatic N) is 1. The molecule has 2 fully saturated rings. The van der Waals surface area contributed by atoms with Crippen LogP contribution in [0.2, 0.25) is 0 Å². The van der Waals surface area contributed by atoms with Crippen LogP contribution in [0.15, 0.2) is 16.8 Å². The van der Waals surface area contributed by atoms with Gasteiger partial charge in [-0.25, -0.2) is 0 Å². The molecule has 0 aromatic carbocycles. The fourth-order valence-corrected chi connectivity index (χ4v) is 4.00. The van der Waals surface area contributed by atoms with Crippen LogP contribution in [-0.2, 0) is 11.3 Å². The van der Waals surface area contributed by atoms with Crippen LogP contribution in [0.1, 0.15) is 45.1 Å². The van der Waals surface area contributed by atoms with Crippen molar-refractivity contribution in [1.82, 2.24) is 10.2 Å². The highest BCUT2D eigenvalue weighted by Gasteiger charge is 2.43. The van der Waals surface area contributed by atoms with Gasteiger partial charge >= 0.3 is 0 Å². The summed E-state index contributed by atoms with van der Waals surface area (Å²) in [5.74, 6) is 0.812. The van der Waals surface area contributed by atoms with Gasteiger partial charge in [0.25, 0.3) is 0 Å². The first-order valence-corrected chi connectivity index (χ1v) is 9.06. The van der Waals surface area contributed by atoms with Crippen molar-refractivity contribution in [2.75, 3.05) is 13.1 Å². The van der Waals surface area contributed by atoms with Crippen LogP contribution in [0.5, 0.6) is 0 Å². The van der Waals surface area contributed by atoms with Gasteiger partial charge in [-0.05, 0) is 67.1 Å². The molecule has 116 valence electrons. The molecule has 1 aromatic heterocycles. The number of rotatable bonds is 5. The second kappa shape index (κ2) is 6.09. The summed E-state index contributed by atoms with van der Waals surface area (Å²) >= 11 is 1.71. The van der Waals surface area contributed by atoms with E-state index in [9.17, 15) is 4.79 Å². The minimum Gasteiger partial charge on any atom is -0.335 e. The van der Waals surface area contributed by atoms with Crippen molar-refractivity contribution in [1.29, 1.82) is 0 Å². The molecule has 3 rings (SSSR count). The monoisotopic (exact) mass is 306 g/mol. The van der Waals surface area contributed by atoms with Gasteiger partial charge in [-0.15, -0.1) is 0 Å². The topological polar surface area (TPSA) is 32.3 Å². The third kappa shape index (κ3) is 3.32. The molecule has 1 amide bonds. The molecular formula is C17H26N2OS. The third-order valence-corrected chi connectivity index (χ3v) is 5.78. The minimum absolute atomic E-state index is 0.258. The lowest BCUT2D eigenvalue weighted by Gasteiger charge is -2.39. The molecule has 1 aromatic rings. The Kier molecular flexibility index (Phi) is 4.36. The number of nitrogens with one attached hydrogen (secondary N) is 1. The number of amides is 1.